The molecular formula is C20H23FN2O3S. The Morgan fingerprint density at radius 3 is 2.22 bits per heavy atom. The van der Waals surface area contributed by atoms with Crippen LogP contribution in [0.25, 0.3) is 0 Å². The molecule has 0 bridgehead atoms. The summed E-state index contributed by atoms with van der Waals surface area (Å²) < 4.78 is 40.6. The summed E-state index contributed by atoms with van der Waals surface area (Å²) in [5.41, 5.74) is 0.787. The highest BCUT2D eigenvalue weighted by molar-refractivity contribution is 7.89. The van der Waals surface area contributed by atoms with Gasteiger partial charge in [0.05, 0.1) is 11.4 Å². The molecule has 0 saturated carbocycles. The highest BCUT2D eigenvalue weighted by atomic mass is 32.2. The van der Waals surface area contributed by atoms with E-state index in [1.165, 1.54) is 16.4 Å². The van der Waals surface area contributed by atoms with Gasteiger partial charge in [-0.3, -0.25) is 4.79 Å². The third-order valence-corrected chi connectivity index (χ3v) is 6.48. The number of halogens is 1. The van der Waals surface area contributed by atoms with Crippen molar-refractivity contribution in [1.29, 1.82) is 0 Å². The molecule has 7 heteroatoms. The standard InChI is InChI=1S/C20H23FN2O3S/c21-18-9-11-19(12-10-18)27(25,26)23(15-17-7-3-1-4-8-17)16-20(24)22-13-5-2-6-14-22/h1,3-4,7-12H,2,5-6,13-16H2. The fourth-order valence-electron chi connectivity index (χ4n) is 3.16. The minimum atomic E-state index is -3.93. The number of likely N-dealkylation sites (tertiary alicyclic amines) is 1. The summed E-state index contributed by atoms with van der Waals surface area (Å²) in [6, 6.07) is 13.8. The number of sulfonamides is 1. The van der Waals surface area contributed by atoms with E-state index in [-0.39, 0.29) is 23.9 Å². The molecule has 2 aromatic carbocycles. The molecule has 0 aromatic heterocycles. The molecule has 1 fully saturated rings. The molecule has 0 N–H and O–H groups in total. The van der Waals surface area contributed by atoms with Crippen LogP contribution in [0.15, 0.2) is 59.5 Å². The topological polar surface area (TPSA) is 57.7 Å². The van der Waals surface area contributed by atoms with Crippen LogP contribution in [-0.4, -0.2) is 43.2 Å². The van der Waals surface area contributed by atoms with Crippen molar-refractivity contribution < 1.29 is 17.6 Å². The van der Waals surface area contributed by atoms with Crippen molar-refractivity contribution in [1.82, 2.24) is 9.21 Å². The first-order chi connectivity index (χ1) is 13.0. The maximum Gasteiger partial charge on any atom is 0.243 e. The summed E-state index contributed by atoms with van der Waals surface area (Å²) in [5, 5.41) is 0. The van der Waals surface area contributed by atoms with E-state index in [0.29, 0.717) is 13.1 Å². The lowest BCUT2D eigenvalue weighted by Crippen LogP contribution is -2.44. The summed E-state index contributed by atoms with van der Waals surface area (Å²) in [5.74, 6) is -0.704. The number of hydrogen-bond acceptors (Lipinski definition) is 3. The molecule has 0 atom stereocenters. The lowest BCUT2D eigenvalue weighted by Gasteiger charge is -2.29. The van der Waals surface area contributed by atoms with Crippen molar-refractivity contribution in [2.24, 2.45) is 0 Å². The minimum absolute atomic E-state index is 0.0220. The van der Waals surface area contributed by atoms with Gasteiger partial charge in [0.15, 0.2) is 0 Å². The molecule has 1 saturated heterocycles. The van der Waals surface area contributed by atoms with E-state index < -0.39 is 15.8 Å². The zero-order valence-corrected chi connectivity index (χ0v) is 15.9. The average Bonchev–Trinajstić information content (AvgIpc) is 2.69. The second kappa shape index (κ2) is 8.63. The molecule has 1 amide bonds. The highest BCUT2D eigenvalue weighted by Gasteiger charge is 2.29. The van der Waals surface area contributed by atoms with Gasteiger partial charge in [-0.05, 0) is 49.1 Å². The van der Waals surface area contributed by atoms with Crippen LogP contribution in [0.5, 0.6) is 0 Å². The van der Waals surface area contributed by atoms with Crippen molar-refractivity contribution in [3.63, 3.8) is 0 Å². The Hall–Kier alpha value is -2.25. The molecule has 1 aliphatic heterocycles. The van der Waals surface area contributed by atoms with E-state index in [2.05, 4.69) is 0 Å². The van der Waals surface area contributed by atoms with Crippen LogP contribution in [0, 0.1) is 5.82 Å². The van der Waals surface area contributed by atoms with Gasteiger partial charge in [-0.2, -0.15) is 4.31 Å². The SMILES string of the molecule is O=C(CN(Cc1ccccc1)S(=O)(=O)c1ccc(F)cc1)N1CCCCC1. The number of piperidine rings is 1. The predicted molar refractivity (Wildman–Crippen MR) is 101 cm³/mol. The number of carbonyl (C=O) groups excluding carboxylic acids is 1. The first-order valence-electron chi connectivity index (χ1n) is 9.04. The molecule has 0 radical (unpaired) electrons. The molecule has 144 valence electrons. The van der Waals surface area contributed by atoms with E-state index in [4.69, 9.17) is 0 Å². The van der Waals surface area contributed by atoms with Crippen LogP contribution in [0.3, 0.4) is 0 Å². The lowest BCUT2D eigenvalue weighted by molar-refractivity contribution is -0.132. The quantitative estimate of drug-likeness (QED) is 0.762. The molecule has 5 nitrogen and oxygen atoms in total. The summed E-state index contributed by atoms with van der Waals surface area (Å²) in [6.45, 7) is 1.18. The largest absolute Gasteiger partial charge is 0.342 e. The van der Waals surface area contributed by atoms with Crippen molar-refractivity contribution in [2.45, 2.75) is 30.7 Å². The zero-order chi connectivity index (χ0) is 19.3. The number of amides is 1. The van der Waals surface area contributed by atoms with Gasteiger partial charge < -0.3 is 4.90 Å². The Kier molecular flexibility index (Phi) is 6.23. The number of carbonyl (C=O) groups is 1. The number of nitrogens with zero attached hydrogens (tertiary/aromatic N) is 2. The van der Waals surface area contributed by atoms with Gasteiger partial charge in [0.2, 0.25) is 15.9 Å². The van der Waals surface area contributed by atoms with Crippen LogP contribution >= 0.6 is 0 Å². The van der Waals surface area contributed by atoms with E-state index >= 15 is 0 Å². The van der Waals surface area contributed by atoms with Crippen LogP contribution < -0.4 is 0 Å². The third kappa shape index (κ3) is 4.93. The first kappa shape index (κ1) is 19.5. The molecule has 3 rings (SSSR count). The Morgan fingerprint density at radius 2 is 1.59 bits per heavy atom. The first-order valence-corrected chi connectivity index (χ1v) is 10.5. The molecule has 2 aromatic rings. The smallest absolute Gasteiger partial charge is 0.243 e. The lowest BCUT2D eigenvalue weighted by atomic mass is 10.1. The maximum absolute atomic E-state index is 13.2. The molecule has 0 unspecified atom stereocenters. The monoisotopic (exact) mass is 390 g/mol. The average molecular weight is 390 g/mol. The summed E-state index contributed by atoms with van der Waals surface area (Å²) in [6.07, 6.45) is 2.97. The number of hydrogen-bond donors (Lipinski definition) is 0. The maximum atomic E-state index is 13.2. The van der Waals surface area contributed by atoms with Crippen LogP contribution in [0.4, 0.5) is 4.39 Å². The molecule has 1 heterocycles. The van der Waals surface area contributed by atoms with Gasteiger partial charge in [-0.25, -0.2) is 12.8 Å². The summed E-state index contributed by atoms with van der Waals surface area (Å²) in [4.78, 5) is 14.4. The number of rotatable bonds is 6. The highest BCUT2D eigenvalue weighted by Crippen LogP contribution is 2.20. The fourth-order valence-corrected chi connectivity index (χ4v) is 4.54. The summed E-state index contributed by atoms with van der Waals surface area (Å²) >= 11 is 0. The van der Waals surface area contributed by atoms with Crippen LogP contribution in [-0.2, 0) is 21.4 Å². The van der Waals surface area contributed by atoms with E-state index in [9.17, 15) is 17.6 Å². The van der Waals surface area contributed by atoms with Crippen molar-refractivity contribution in [2.75, 3.05) is 19.6 Å². The zero-order valence-electron chi connectivity index (χ0n) is 15.1. The number of benzene rings is 2. The van der Waals surface area contributed by atoms with Gasteiger partial charge >= 0.3 is 0 Å². The van der Waals surface area contributed by atoms with Crippen molar-refractivity contribution >= 4 is 15.9 Å². The molecule has 0 aliphatic carbocycles. The second-order valence-corrected chi connectivity index (χ2v) is 8.59. The normalized spacial score (nSPS) is 15.1. The van der Waals surface area contributed by atoms with Crippen molar-refractivity contribution in [3.8, 4) is 0 Å². The Labute approximate surface area is 159 Å². The summed E-state index contributed by atoms with van der Waals surface area (Å²) in [7, 11) is -3.93. The van der Waals surface area contributed by atoms with Crippen LogP contribution in [0.1, 0.15) is 24.8 Å². The molecule has 1 aliphatic rings. The van der Waals surface area contributed by atoms with E-state index in [0.717, 1.165) is 37.0 Å². The minimum Gasteiger partial charge on any atom is -0.342 e. The Balaban J connectivity index is 1.86. The van der Waals surface area contributed by atoms with Gasteiger partial charge in [0.1, 0.15) is 5.82 Å². The molecule has 27 heavy (non-hydrogen) atoms. The predicted octanol–water partition coefficient (Wildman–Crippen LogP) is 3.03. The fraction of sp³-hybridized carbons (Fsp3) is 0.350. The molecule has 0 spiro atoms. The van der Waals surface area contributed by atoms with Gasteiger partial charge in [0, 0.05) is 19.6 Å². The second-order valence-electron chi connectivity index (χ2n) is 6.65. The van der Waals surface area contributed by atoms with Gasteiger partial charge in [-0.15, -0.1) is 0 Å². The molecular weight excluding hydrogens is 367 g/mol. The van der Waals surface area contributed by atoms with Crippen LogP contribution in [0.2, 0.25) is 0 Å². The van der Waals surface area contributed by atoms with E-state index in [1.807, 2.05) is 30.3 Å². The van der Waals surface area contributed by atoms with Crippen molar-refractivity contribution in [3.05, 3.63) is 66.0 Å². The van der Waals surface area contributed by atoms with E-state index in [1.54, 1.807) is 4.90 Å². The van der Waals surface area contributed by atoms with Gasteiger partial charge in [-0.1, -0.05) is 30.3 Å². The Bertz CT molecular complexity index is 864. The van der Waals surface area contributed by atoms with Gasteiger partial charge in [0.25, 0.3) is 0 Å². The third-order valence-electron chi connectivity index (χ3n) is 4.67. The Morgan fingerprint density at radius 1 is 0.963 bits per heavy atom.